The molecule has 0 saturated carbocycles. The van der Waals surface area contributed by atoms with Gasteiger partial charge in [0.2, 0.25) is 0 Å². The molecule has 0 aromatic heterocycles. The first-order valence-corrected chi connectivity index (χ1v) is 8.21. The van der Waals surface area contributed by atoms with Crippen LogP contribution in [0.25, 0.3) is 11.1 Å². The second-order valence-electron chi connectivity index (χ2n) is 6.58. The van der Waals surface area contributed by atoms with E-state index in [4.69, 9.17) is 0 Å². The molecule has 0 radical (unpaired) electrons. The third-order valence-corrected chi connectivity index (χ3v) is 4.59. The van der Waals surface area contributed by atoms with Crippen LogP contribution in [0.1, 0.15) is 35.6 Å². The van der Waals surface area contributed by atoms with Gasteiger partial charge in [0.15, 0.2) is 0 Å². The lowest BCUT2D eigenvalue weighted by molar-refractivity contribution is 0.402. The fourth-order valence-electron chi connectivity index (χ4n) is 3.45. The minimum absolute atomic E-state index is 0.511. The number of nitrogens with zero attached hydrogens (tertiary/aromatic N) is 1. The fraction of sp³-hybridized carbons (Fsp3) is 0.400. The van der Waals surface area contributed by atoms with E-state index < -0.39 is 0 Å². The summed E-state index contributed by atoms with van der Waals surface area (Å²) in [5.74, 6) is 0. The zero-order chi connectivity index (χ0) is 15.5. The standard InChI is InChI=1S/C20H26N2/c1-21-20-6-4-5-17-11-12-18(13-19(17)20)16-9-7-15(8-10-16)14-22(2)3/h7-13,20-21H,4-6,14H2,1-3H3. The van der Waals surface area contributed by atoms with Crippen molar-refractivity contribution in [2.24, 2.45) is 0 Å². The van der Waals surface area contributed by atoms with Gasteiger partial charge in [-0.3, -0.25) is 0 Å². The van der Waals surface area contributed by atoms with Crippen LogP contribution in [0.5, 0.6) is 0 Å². The number of benzene rings is 2. The Kier molecular flexibility index (Phi) is 4.60. The van der Waals surface area contributed by atoms with Crippen molar-refractivity contribution in [3.05, 3.63) is 59.2 Å². The maximum absolute atomic E-state index is 3.46. The van der Waals surface area contributed by atoms with E-state index in [1.165, 1.54) is 47.1 Å². The molecular weight excluding hydrogens is 268 g/mol. The van der Waals surface area contributed by atoms with Gasteiger partial charge in [-0.2, -0.15) is 0 Å². The van der Waals surface area contributed by atoms with Crippen molar-refractivity contribution in [1.29, 1.82) is 0 Å². The maximum Gasteiger partial charge on any atom is 0.0320 e. The first kappa shape index (κ1) is 15.3. The summed E-state index contributed by atoms with van der Waals surface area (Å²) in [6.07, 6.45) is 3.75. The van der Waals surface area contributed by atoms with Gasteiger partial charge in [0.25, 0.3) is 0 Å². The van der Waals surface area contributed by atoms with E-state index in [2.05, 4.69) is 73.8 Å². The summed E-state index contributed by atoms with van der Waals surface area (Å²) >= 11 is 0. The van der Waals surface area contributed by atoms with Crippen LogP contribution in [0, 0.1) is 0 Å². The van der Waals surface area contributed by atoms with Crippen LogP contribution in [0.3, 0.4) is 0 Å². The van der Waals surface area contributed by atoms with Gasteiger partial charge in [-0.1, -0.05) is 36.4 Å². The van der Waals surface area contributed by atoms with Gasteiger partial charge >= 0.3 is 0 Å². The molecule has 2 aromatic carbocycles. The Hall–Kier alpha value is -1.64. The molecule has 22 heavy (non-hydrogen) atoms. The van der Waals surface area contributed by atoms with E-state index in [-0.39, 0.29) is 0 Å². The quantitative estimate of drug-likeness (QED) is 0.916. The molecule has 0 aliphatic heterocycles. The number of fused-ring (bicyclic) bond motifs is 1. The summed E-state index contributed by atoms with van der Waals surface area (Å²) in [7, 11) is 6.28. The molecule has 2 heteroatoms. The molecule has 0 saturated heterocycles. The van der Waals surface area contributed by atoms with Gasteiger partial charge < -0.3 is 10.2 Å². The van der Waals surface area contributed by atoms with Gasteiger partial charge in [0.1, 0.15) is 0 Å². The molecule has 2 nitrogen and oxygen atoms in total. The second-order valence-corrected chi connectivity index (χ2v) is 6.58. The molecule has 0 amide bonds. The summed E-state index contributed by atoms with van der Waals surface area (Å²) in [4.78, 5) is 2.20. The predicted octanol–water partition coefficient (Wildman–Crippen LogP) is 4.01. The molecule has 0 bridgehead atoms. The summed E-state index contributed by atoms with van der Waals surface area (Å²) in [6, 6.07) is 16.5. The molecule has 116 valence electrons. The predicted molar refractivity (Wildman–Crippen MR) is 94.0 cm³/mol. The van der Waals surface area contributed by atoms with Gasteiger partial charge in [0, 0.05) is 12.6 Å². The molecule has 0 fully saturated rings. The lowest BCUT2D eigenvalue weighted by Gasteiger charge is -2.26. The van der Waals surface area contributed by atoms with Gasteiger partial charge in [-0.15, -0.1) is 0 Å². The maximum atomic E-state index is 3.46. The summed E-state index contributed by atoms with van der Waals surface area (Å²) in [6.45, 7) is 0.992. The molecular formula is C20H26N2. The smallest absolute Gasteiger partial charge is 0.0320 e. The normalized spacial score (nSPS) is 17.5. The lowest BCUT2D eigenvalue weighted by Crippen LogP contribution is -2.21. The highest BCUT2D eigenvalue weighted by atomic mass is 15.0. The monoisotopic (exact) mass is 294 g/mol. The molecule has 1 aliphatic carbocycles. The summed E-state index contributed by atoms with van der Waals surface area (Å²) < 4.78 is 0. The molecule has 3 rings (SSSR count). The average Bonchev–Trinajstić information content (AvgIpc) is 2.54. The van der Waals surface area contributed by atoms with Crippen molar-refractivity contribution in [2.45, 2.75) is 31.8 Å². The van der Waals surface area contributed by atoms with Gasteiger partial charge in [-0.05, 0) is 74.3 Å². The molecule has 1 aliphatic rings. The largest absolute Gasteiger partial charge is 0.313 e. The number of hydrogen-bond donors (Lipinski definition) is 1. The van der Waals surface area contributed by atoms with Gasteiger partial charge in [0.05, 0.1) is 0 Å². The Morgan fingerprint density at radius 2 is 1.77 bits per heavy atom. The Bertz CT molecular complexity index is 629. The molecule has 0 spiro atoms. The second kappa shape index (κ2) is 6.64. The first-order valence-electron chi connectivity index (χ1n) is 8.21. The Labute approximate surface area is 134 Å². The molecule has 2 aromatic rings. The van der Waals surface area contributed by atoms with Crippen molar-refractivity contribution in [3.8, 4) is 11.1 Å². The highest BCUT2D eigenvalue weighted by molar-refractivity contribution is 5.65. The molecule has 1 atom stereocenters. The topological polar surface area (TPSA) is 15.3 Å². The van der Waals surface area contributed by atoms with Crippen LogP contribution >= 0.6 is 0 Å². The van der Waals surface area contributed by atoms with Crippen molar-refractivity contribution < 1.29 is 0 Å². The van der Waals surface area contributed by atoms with Crippen LogP contribution in [0.2, 0.25) is 0 Å². The number of rotatable bonds is 4. The zero-order valence-corrected chi connectivity index (χ0v) is 13.9. The van der Waals surface area contributed by atoms with Crippen LogP contribution < -0.4 is 5.32 Å². The first-order chi connectivity index (χ1) is 10.7. The van der Waals surface area contributed by atoms with E-state index in [0.29, 0.717) is 6.04 Å². The SMILES string of the molecule is CNC1CCCc2ccc(-c3ccc(CN(C)C)cc3)cc21. The third kappa shape index (κ3) is 3.23. The minimum Gasteiger partial charge on any atom is -0.313 e. The Morgan fingerprint density at radius 1 is 1.05 bits per heavy atom. The van der Waals surface area contributed by atoms with Gasteiger partial charge in [-0.25, -0.2) is 0 Å². The number of hydrogen-bond acceptors (Lipinski definition) is 2. The van der Waals surface area contributed by atoms with E-state index in [9.17, 15) is 0 Å². The van der Waals surface area contributed by atoms with Crippen molar-refractivity contribution >= 4 is 0 Å². The average molecular weight is 294 g/mol. The Morgan fingerprint density at radius 3 is 2.45 bits per heavy atom. The van der Waals surface area contributed by atoms with Crippen LogP contribution in [0.15, 0.2) is 42.5 Å². The third-order valence-electron chi connectivity index (χ3n) is 4.59. The zero-order valence-electron chi connectivity index (χ0n) is 13.9. The van der Waals surface area contributed by atoms with E-state index in [1.54, 1.807) is 0 Å². The molecule has 0 heterocycles. The van der Waals surface area contributed by atoms with E-state index in [1.807, 2.05) is 0 Å². The van der Waals surface area contributed by atoms with Crippen LogP contribution in [-0.2, 0) is 13.0 Å². The lowest BCUT2D eigenvalue weighted by atomic mass is 9.85. The summed E-state index contributed by atoms with van der Waals surface area (Å²) in [5, 5.41) is 3.46. The van der Waals surface area contributed by atoms with E-state index in [0.717, 1.165) is 6.54 Å². The van der Waals surface area contributed by atoms with Crippen molar-refractivity contribution in [3.63, 3.8) is 0 Å². The number of aryl methyl sites for hydroxylation is 1. The van der Waals surface area contributed by atoms with Crippen molar-refractivity contribution in [2.75, 3.05) is 21.1 Å². The van der Waals surface area contributed by atoms with Crippen LogP contribution in [0.4, 0.5) is 0 Å². The highest BCUT2D eigenvalue weighted by Crippen LogP contribution is 2.33. The fourth-order valence-corrected chi connectivity index (χ4v) is 3.45. The minimum atomic E-state index is 0.511. The number of nitrogens with one attached hydrogen (secondary N) is 1. The van der Waals surface area contributed by atoms with E-state index >= 15 is 0 Å². The highest BCUT2D eigenvalue weighted by Gasteiger charge is 2.19. The molecule has 1 unspecified atom stereocenters. The van der Waals surface area contributed by atoms with Crippen LogP contribution in [-0.4, -0.2) is 26.0 Å². The Balaban J connectivity index is 1.89. The van der Waals surface area contributed by atoms with Crippen molar-refractivity contribution in [1.82, 2.24) is 10.2 Å². The molecule has 1 N–H and O–H groups in total. The summed E-state index contributed by atoms with van der Waals surface area (Å²) in [5.41, 5.74) is 7.00.